The Hall–Kier alpha value is -1.87. The van der Waals surface area contributed by atoms with Gasteiger partial charge in [-0.05, 0) is 46.5 Å². The van der Waals surface area contributed by atoms with Crippen molar-refractivity contribution in [1.82, 2.24) is 9.78 Å². The number of aromatic nitrogens is 2. The van der Waals surface area contributed by atoms with Crippen LogP contribution in [0.1, 0.15) is 11.1 Å². The number of halogens is 1. The number of nitriles is 1. The Balaban J connectivity index is 2.47. The van der Waals surface area contributed by atoms with Crippen LogP contribution in [0.2, 0.25) is 0 Å². The van der Waals surface area contributed by atoms with Crippen molar-refractivity contribution in [2.24, 2.45) is 7.05 Å². The van der Waals surface area contributed by atoms with E-state index >= 15 is 0 Å². The van der Waals surface area contributed by atoms with Crippen LogP contribution in [0.5, 0.6) is 0 Å². The van der Waals surface area contributed by atoms with Crippen molar-refractivity contribution in [2.45, 2.75) is 6.92 Å². The third-order valence-electron chi connectivity index (χ3n) is 3.51. The molecule has 2 aromatic carbocycles. The fourth-order valence-corrected chi connectivity index (χ4v) is 3.34. The van der Waals surface area contributed by atoms with E-state index in [1.165, 1.54) is 5.56 Å². The first-order valence-corrected chi connectivity index (χ1v) is 7.31. The molecule has 3 rings (SSSR count). The highest BCUT2D eigenvalue weighted by Crippen LogP contribution is 2.34. The third kappa shape index (κ3) is 1.90. The van der Waals surface area contributed by atoms with Gasteiger partial charge < -0.3 is 0 Å². The third-order valence-corrected chi connectivity index (χ3v) is 4.30. The van der Waals surface area contributed by atoms with Crippen molar-refractivity contribution in [3.63, 3.8) is 0 Å². The lowest BCUT2D eigenvalue weighted by Gasteiger charge is -2.11. The largest absolute Gasteiger partial charge is 0.267 e. The molecule has 0 saturated heterocycles. The molecular formula is C16H12IN3. The SMILES string of the molecule is Cc1cc(-c2c(I)cnn2C)c(C#N)c2ccccc12. The van der Waals surface area contributed by atoms with Gasteiger partial charge >= 0.3 is 0 Å². The topological polar surface area (TPSA) is 41.6 Å². The molecule has 98 valence electrons. The monoisotopic (exact) mass is 373 g/mol. The molecule has 3 nitrogen and oxygen atoms in total. The van der Waals surface area contributed by atoms with Gasteiger partial charge in [0.25, 0.3) is 0 Å². The lowest BCUT2D eigenvalue weighted by molar-refractivity contribution is 0.775. The summed E-state index contributed by atoms with van der Waals surface area (Å²) in [4.78, 5) is 0. The molecule has 0 aliphatic rings. The Labute approximate surface area is 131 Å². The quantitative estimate of drug-likeness (QED) is 0.605. The summed E-state index contributed by atoms with van der Waals surface area (Å²) in [6, 6.07) is 12.5. The van der Waals surface area contributed by atoms with E-state index in [0.717, 1.165) is 25.6 Å². The van der Waals surface area contributed by atoms with Crippen LogP contribution in [-0.4, -0.2) is 9.78 Å². The summed E-state index contributed by atoms with van der Waals surface area (Å²) in [7, 11) is 1.91. The molecule has 4 heteroatoms. The number of hydrogen-bond donors (Lipinski definition) is 0. The average Bonchev–Trinajstić information content (AvgIpc) is 2.78. The van der Waals surface area contributed by atoms with Gasteiger partial charge in [-0.25, -0.2) is 0 Å². The van der Waals surface area contributed by atoms with E-state index in [4.69, 9.17) is 0 Å². The van der Waals surface area contributed by atoms with Gasteiger partial charge in [-0.2, -0.15) is 10.4 Å². The second-order valence-electron chi connectivity index (χ2n) is 4.74. The van der Waals surface area contributed by atoms with Gasteiger partial charge in [0.2, 0.25) is 0 Å². The molecule has 0 aliphatic carbocycles. The van der Waals surface area contributed by atoms with Crippen LogP contribution in [0.3, 0.4) is 0 Å². The molecule has 0 amide bonds. The second-order valence-corrected chi connectivity index (χ2v) is 5.90. The van der Waals surface area contributed by atoms with Crippen molar-refractivity contribution < 1.29 is 0 Å². The highest BCUT2D eigenvalue weighted by Gasteiger charge is 2.16. The van der Waals surface area contributed by atoms with Crippen LogP contribution in [0.25, 0.3) is 22.0 Å². The van der Waals surface area contributed by atoms with Gasteiger partial charge in [0.15, 0.2) is 0 Å². The highest BCUT2D eigenvalue weighted by molar-refractivity contribution is 14.1. The average molecular weight is 373 g/mol. The minimum Gasteiger partial charge on any atom is -0.267 e. The van der Waals surface area contributed by atoms with Crippen LogP contribution in [0.4, 0.5) is 0 Å². The molecule has 20 heavy (non-hydrogen) atoms. The molecule has 0 N–H and O–H groups in total. The van der Waals surface area contributed by atoms with Crippen molar-refractivity contribution in [3.8, 4) is 17.3 Å². The lowest BCUT2D eigenvalue weighted by atomic mass is 9.94. The summed E-state index contributed by atoms with van der Waals surface area (Å²) in [5.41, 5.74) is 3.84. The van der Waals surface area contributed by atoms with Crippen LogP contribution >= 0.6 is 22.6 Å². The number of nitrogens with zero attached hydrogens (tertiary/aromatic N) is 3. The minimum absolute atomic E-state index is 0.715. The predicted octanol–water partition coefficient (Wildman–Crippen LogP) is 4.03. The summed E-state index contributed by atoms with van der Waals surface area (Å²) in [6.45, 7) is 2.08. The standard InChI is InChI=1S/C16H12IN3/c1-10-7-13(16-15(17)9-19-20(16)2)14(8-18)12-6-4-3-5-11(10)12/h3-7,9H,1-2H3. The van der Waals surface area contributed by atoms with E-state index in [1.807, 2.05) is 36.1 Å². The molecule has 0 unspecified atom stereocenters. The van der Waals surface area contributed by atoms with E-state index in [0.29, 0.717) is 5.56 Å². The Kier molecular flexibility index (Phi) is 3.22. The van der Waals surface area contributed by atoms with Crippen LogP contribution in [-0.2, 0) is 7.05 Å². The molecule has 0 spiro atoms. The Bertz CT molecular complexity index is 837. The zero-order valence-corrected chi connectivity index (χ0v) is 13.3. The molecule has 0 bridgehead atoms. The van der Waals surface area contributed by atoms with E-state index in [1.54, 1.807) is 0 Å². The van der Waals surface area contributed by atoms with E-state index < -0.39 is 0 Å². The normalized spacial score (nSPS) is 10.7. The summed E-state index contributed by atoms with van der Waals surface area (Å²) in [5, 5.41) is 16.0. The van der Waals surface area contributed by atoms with Gasteiger partial charge in [0, 0.05) is 18.0 Å². The Morgan fingerprint density at radius 3 is 2.55 bits per heavy atom. The van der Waals surface area contributed by atoms with Crippen LogP contribution in [0.15, 0.2) is 36.5 Å². The predicted molar refractivity (Wildman–Crippen MR) is 88.3 cm³/mol. The molecule has 0 fully saturated rings. The molecule has 0 saturated carbocycles. The Morgan fingerprint density at radius 2 is 1.95 bits per heavy atom. The van der Waals surface area contributed by atoms with Crippen LogP contribution < -0.4 is 0 Å². The van der Waals surface area contributed by atoms with Crippen LogP contribution in [0, 0.1) is 21.8 Å². The number of fused-ring (bicyclic) bond motifs is 1. The second kappa shape index (κ2) is 4.91. The maximum absolute atomic E-state index is 9.61. The number of benzene rings is 2. The van der Waals surface area contributed by atoms with E-state index in [-0.39, 0.29) is 0 Å². The van der Waals surface area contributed by atoms with Crippen molar-refractivity contribution >= 4 is 33.4 Å². The molecule has 1 heterocycles. The highest BCUT2D eigenvalue weighted by atomic mass is 127. The van der Waals surface area contributed by atoms with Gasteiger partial charge in [0.1, 0.15) is 6.07 Å². The fraction of sp³-hybridized carbons (Fsp3) is 0.125. The maximum Gasteiger partial charge on any atom is 0.100 e. The first-order valence-electron chi connectivity index (χ1n) is 6.23. The smallest absolute Gasteiger partial charge is 0.100 e. The maximum atomic E-state index is 9.61. The number of hydrogen-bond acceptors (Lipinski definition) is 2. The Morgan fingerprint density at radius 1 is 1.25 bits per heavy atom. The molecule has 1 aromatic heterocycles. The first kappa shape index (κ1) is 13.1. The van der Waals surface area contributed by atoms with E-state index in [9.17, 15) is 5.26 Å². The molecule has 0 atom stereocenters. The lowest BCUT2D eigenvalue weighted by Crippen LogP contribution is -1.98. The minimum atomic E-state index is 0.715. The van der Waals surface area contributed by atoms with E-state index in [2.05, 4.69) is 52.8 Å². The summed E-state index contributed by atoms with van der Waals surface area (Å²) < 4.78 is 2.88. The van der Waals surface area contributed by atoms with Crippen molar-refractivity contribution in [1.29, 1.82) is 5.26 Å². The number of rotatable bonds is 1. The van der Waals surface area contributed by atoms with Gasteiger partial charge in [-0.15, -0.1) is 0 Å². The first-order chi connectivity index (χ1) is 9.63. The van der Waals surface area contributed by atoms with Gasteiger partial charge in [0.05, 0.1) is 21.0 Å². The van der Waals surface area contributed by atoms with Crippen molar-refractivity contribution in [2.75, 3.05) is 0 Å². The number of aryl methyl sites for hydroxylation is 2. The van der Waals surface area contributed by atoms with Crippen molar-refractivity contribution in [3.05, 3.63) is 51.2 Å². The molecule has 3 aromatic rings. The van der Waals surface area contributed by atoms with Gasteiger partial charge in [-0.3, -0.25) is 4.68 Å². The molecule has 0 radical (unpaired) electrons. The summed E-state index contributed by atoms with van der Waals surface area (Å²) >= 11 is 2.26. The fourth-order valence-electron chi connectivity index (χ4n) is 2.58. The molecule has 0 aliphatic heterocycles. The summed E-state index contributed by atoms with van der Waals surface area (Å²) in [6.07, 6.45) is 1.82. The zero-order valence-electron chi connectivity index (χ0n) is 11.2. The zero-order chi connectivity index (χ0) is 14.3. The molecular weight excluding hydrogens is 361 g/mol. The summed E-state index contributed by atoms with van der Waals surface area (Å²) in [5.74, 6) is 0. The van der Waals surface area contributed by atoms with Gasteiger partial charge in [-0.1, -0.05) is 24.3 Å².